The molecule has 5 rings (SSSR count). The molecule has 3 heterocycles. The lowest BCUT2D eigenvalue weighted by atomic mass is 9.63. The molecule has 40 heavy (non-hydrogen) atoms. The van der Waals surface area contributed by atoms with Gasteiger partial charge in [-0.1, -0.05) is 13.8 Å². The van der Waals surface area contributed by atoms with Crippen molar-refractivity contribution in [1.82, 2.24) is 15.0 Å². The number of rotatable bonds is 6. The van der Waals surface area contributed by atoms with Crippen LogP contribution in [0.1, 0.15) is 49.4 Å². The maximum absolute atomic E-state index is 13.2. The van der Waals surface area contributed by atoms with E-state index >= 15 is 0 Å². The summed E-state index contributed by atoms with van der Waals surface area (Å²) in [6.45, 7) is 5.69. The predicted octanol–water partition coefficient (Wildman–Crippen LogP) is 7.50. The minimum absolute atomic E-state index is 0.183. The molecule has 210 valence electrons. The average molecular weight is 589 g/mol. The van der Waals surface area contributed by atoms with Gasteiger partial charge in [-0.3, -0.25) is 4.79 Å². The predicted molar refractivity (Wildman–Crippen MR) is 149 cm³/mol. The average Bonchev–Trinajstić information content (AvgIpc) is 3.52. The number of thiophene rings is 1. The molecule has 3 aromatic heterocycles. The fraction of sp³-hybridized carbons (Fsp3) is 0.357. The molecule has 0 amide bonds. The van der Waals surface area contributed by atoms with Gasteiger partial charge in [0, 0.05) is 23.0 Å². The fourth-order valence-corrected chi connectivity index (χ4v) is 7.28. The number of alkyl halides is 3. The van der Waals surface area contributed by atoms with Crippen LogP contribution in [0.3, 0.4) is 0 Å². The first-order valence-electron chi connectivity index (χ1n) is 12.5. The first kappa shape index (κ1) is 28.2. The van der Waals surface area contributed by atoms with Crippen molar-refractivity contribution in [2.75, 3.05) is 5.32 Å². The Balaban J connectivity index is 1.51. The number of aliphatic hydroxyl groups is 1. The molecule has 1 aliphatic rings. The second kappa shape index (κ2) is 10.2. The topological polar surface area (TPSA) is 108 Å². The molecule has 0 radical (unpaired) electrons. The molecule has 2 atom stereocenters. The van der Waals surface area contributed by atoms with Crippen LogP contribution in [0.4, 0.5) is 24.8 Å². The van der Waals surface area contributed by atoms with Gasteiger partial charge >= 0.3 is 12.1 Å². The van der Waals surface area contributed by atoms with E-state index in [2.05, 4.69) is 20.3 Å². The minimum Gasteiger partial charge on any atom is -0.481 e. The van der Waals surface area contributed by atoms with Gasteiger partial charge in [-0.05, 0) is 84.0 Å². The van der Waals surface area contributed by atoms with Gasteiger partial charge in [0.05, 0.1) is 10.8 Å². The number of anilines is 2. The summed E-state index contributed by atoms with van der Waals surface area (Å²) >= 11 is 2.87. The van der Waals surface area contributed by atoms with Gasteiger partial charge in [0.25, 0.3) is 0 Å². The number of benzene rings is 1. The summed E-state index contributed by atoms with van der Waals surface area (Å²) in [5, 5.41) is 26.6. The van der Waals surface area contributed by atoms with Gasteiger partial charge < -0.3 is 15.5 Å². The highest BCUT2D eigenvalue weighted by molar-refractivity contribution is 7.15. The number of hydrogen-bond donors (Lipinski definition) is 3. The van der Waals surface area contributed by atoms with Crippen molar-refractivity contribution in [3.8, 4) is 20.9 Å². The van der Waals surface area contributed by atoms with E-state index < -0.39 is 34.8 Å². The van der Waals surface area contributed by atoms with E-state index in [1.54, 1.807) is 23.6 Å². The van der Waals surface area contributed by atoms with Gasteiger partial charge in [-0.15, -0.1) is 22.7 Å². The number of aromatic nitrogens is 3. The molecule has 1 aromatic carbocycles. The van der Waals surface area contributed by atoms with Crippen LogP contribution in [0, 0.1) is 18.3 Å². The number of nitrogens with zero attached hydrogens (tertiary/aromatic N) is 3. The third-order valence-electron chi connectivity index (χ3n) is 7.28. The zero-order chi connectivity index (χ0) is 28.9. The Morgan fingerprint density at radius 3 is 2.55 bits per heavy atom. The van der Waals surface area contributed by atoms with Crippen molar-refractivity contribution in [2.24, 2.45) is 11.3 Å². The van der Waals surface area contributed by atoms with Crippen molar-refractivity contribution in [3.05, 3.63) is 64.4 Å². The fourth-order valence-electron chi connectivity index (χ4n) is 5.35. The van der Waals surface area contributed by atoms with Gasteiger partial charge in [0.15, 0.2) is 0 Å². The van der Waals surface area contributed by atoms with Gasteiger partial charge in [-0.2, -0.15) is 13.2 Å². The Labute approximate surface area is 236 Å². The van der Waals surface area contributed by atoms with Crippen LogP contribution < -0.4 is 5.32 Å². The summed E-state index contributed by atoms with van der Waals surface area (Å²) in [4.78, 5) is 25.6. The van der Waals surface area contributed by atoms with Crippen LogP contribution in [0.5, 0.6) is 0 Å². The lowest BCUT2D eigenvalue weighted by Gasteiger charge is -2.44. The summed E-state index contributed by atoms with van der Waals surface area (Å²) in [7, 11) is 0. The number of hydrogen-bond acceptors (Lipinski definition) is 8. The number of carboxylic acids is 1. The number of carbonyl (C=O) groups is 1. The highest BCUT2D eigenvalue weighted by atomic mass is 32.1. The van der Waals surface area contributed by atoms with Gasteiger partial charge in [0.1, 0.15) is 16.3 Å². The molecule has 1 fully saturated rings. The number of aliphatic carboxylic acids is 1. The third-order valence-corrected chi connectivity index (χ3v) is 9.59. The molecule has 0 spiro atoms. The molecular formula is C28H27F3N4O3S2. The molecular weight excluding hydrogens is 561 g/mol. The highest BCUT2D eigenvalue weighted by Crippen LogP contribution is 2.51. The largest absolute Gasteiger partial charge is 0.481 e. The number of halogens is 3. The molecule has 12 heteroatoms. The van der Waals surface area contributed by atoms with Crippen LogP contribution in [-0.4, -0.2) is 31.1 Å². The molecule has 0 bridgehead atoms. The summed E-state index contributed by atoms with van der Waals surface area (Å²) in [5.41, 5.74) is 0.242. The van der Waals surface area contributed by atoms with Crippen LogP contribution in [0.2, 0.25) is 0 Å². The van der Waals surface area contributed by atoms with Crippen molar-refractivity contribution in [1.29, 1.82) is 0 Å². The van der Waals surface area contributed by atoms with Crippen molar-refractivity contribution in [3.63, 3.8) is 0 Å². The minimum atomic E-state index is -4.60. The van der Waals surface area contributed by atoms with E-state index in [-0.39, 0.29) is 18.8 Å². The third kappa shape index (κ3) is 5.61. The zero-order valence-corrected chi connectivity index (χ0v) is 23.5. The van der Waals surface area contributed by atoms with E-state index in [0.717, 1.165) is 38.7 Å². The molecule has 7 nitrogen and oxygen atoms in total. The van der Waals surface area contributed by atoms with Crippen LogP contribution in [0.25, 0.3) is 20.9 Å². The van der Waals surface area contributed by atoms with E-state index in [0.29, 0.717) is 17.1 Å². The Bertz CT molecular complexity index is 1570. The monoisotopic (exact) mass is 588 g/mol. The van der Waals surface area contributed by atoms with E-state index in [1.165, 1.54) is 11.3 Å². The summed E-state index contributed by atoms with van der Waals surface area (Å²) in [5.74, 6) is -1.60. The number of aryl methyl sites for hydroxylation is 1. The Hall–Kier alpha value is -3.35. The smallest absolute Gasteiger partial charge is 0.433 e. The molecule has 3 N–H and O–H groups in total. The normalized spacial score (nSPS) is 20.8. The maximum Gasteiger partial charge on any atom is 0.433 e. The molecule has 0 saturated heterocycles. The second-order valence-electron chi connectivity index (χ2n) is 10.8. The summed E-state index contributed by atoms with van der Waals surface area (Å²) in [6, 6.07) is 8.39. The molecule has 0 aliphatic heterocycles. The van der Waals surface area contributed by atoms with Crippen molar-refractivity contribution >= 4 is 40.3 Å². The molecule has 4 aromatic rings. The first-order valence-corrected chi connectivity index (χ1v) is 14.2. The summed E-state index contributed by atoms with van der Waals surface area (Å²) < 4.78 is 39.6. The van der Waals surface area contributed by atoms with Gasteiger partial charge in [0.2, 0.25) is 5.95 Å². The Kier molecular flexibility index (Phi) is 7.22. The van der Waals surface area contributed by atoms with Crippen molar-refractivity contribution < 1.29 is 28.2 Å². The van der Waals surface area contributed by atoms with Crippen molar-refractivity contribution in [2.45, 2.75) is 51.8 Å². The maximum atomic E-state index is 13.2. The van der Waals surface area contributed by atoms with Crippen LogP contribution >= 0.6 is 22.7 Å². The van der Waals surface area contributed by atoms with E-state index in [9.17, 15) is 28.2 Å². The Morgan fingerprint density at radius 2 is 1.90 bits per heavy atom. The quantitative estimate of drug-likeness (QED) is 0.214. The lowest BCUT2D eigenvalue weighted by Crippen LogP contribution is -2.44. The molecule has 1 aliphatic carbocycles. The zero-order valence-electron chi connectivity index (χ0n) is 21.9. The first-order chi connectivity index (χ1) is 18.7. The summed E-state index contributed by atoms with van der Waals surface area (Å²) in [6.07, 6.45) is -0.987. The SMILES string of the molecule is Cc1ccsc1-c1cc(Nc2nccc(C(F)(F)F)n2)cc(-c2cnc([C@]3(O)CC[C@@H](C(=O)O)C(C)(C)C3)s2)c1. The second-order valence-corrected chi connectivity index (χ2v) is 12.7. The Morgan fingerprint density at radius 1 is 1.15 bits per heavy atom. The number of carboxylic acid groups (broad SMARTS) is 1. The van der Waals surface area contributed by atoms with E-state index in [1.807, 2.05) is 44.4 Å². The van der Waals surface area contributed by atoms with E-state index in [4.69, 9.17) is 0 Å². The number of thiazole rings is 1. The standard InChI is InChI=1S/C28H27F3N4O3S2/c1-15-6-9-39-22(15)17-10-16(11-18(12-17)34-25-32-8-5-21(35-25)28(29,30)31)20-13-33-24(40-20)27(38)7-4-19(23(36)37)26(2,3)14-27/h5-6,8-13,19,38H,4,7,14H2,1-3H3,(H,36,37)(H,32,34,35)/t19-,27-/m0/s1. The van der Waals surface area contributed by atoms with Gasteiger partial charge in [-0.25, -0.2) is 15.0 Å². The molecule has 1 saturated carbocycles. The molecule has 0 unspecified atom stereocenters. The van der Waals surface area contributed by atoms with Crippen LogP contribution in [-0.2, 0) is 16.6 Å². The number of nitrogens with one attached hydrogen (secondary N) is 1. The van der Waals surface area contributed by atoms with Crippen LogP contribution in [0.15, 0.2) is 48.1 Å². The lowest BCUT2D eigenvalue weighted by molar-refractivity contribution is -0.154. The highest BCUT2D eigenvalue weighted by Gasteiger charge is 2.49.